The fourth-order valence-corrected chi connectivity index (χ4v) is 6.32. The first kappa shape index (κ1) is 29.2. The van der Waals surface area contributed by atoms with Crippen LogP contribution in [-0.4, -0.2) is 73.8 Å². The van der Waals surface area contributed by atoms with Crippen LogP contribution in [0.3, 0.4) is 0 Å². The van der Waals surface area contributed by atoms with E-state index in [1.807, 2.05) is 49.9 Å². The van der Waals surface area contributed by atoms with Gasteiger partial charge in [0.05, 0.1) is 11.2 Å². The average Bonchev–Trinajstić information content (AvgIpc) is 3.51. The number of carbonyl (C=O) groups is 2. The number of hydrogen-bond acceptors (Lipinski definition) is 5. The summed E-state index contributed by atoms with van der Waals surface area (Å²) < 4.78 is 50.2. The summed E-state index contributed by atoms with van der Waals surface area (Å²) in [5.74, 6) is 0.554. The second kappa shape index (κ2) is 10.9. The lowest BCUT2D eigenvalue weighted by atomic mass is 9.84. The highest BCUT2D eigenvalue weighted by atomic mass is 19.4. The summed E-state index contributed by atoms with van der Waals surface area (Å²) in [5, 5.41) is 0. The van der Waals surface area contributed by atoms with Crippen LogP contribution in [0.1, 0.15) is 55.1 Å². The van der Waals surface area contributed by atoms with E-state index in [1.165, 1.54) is 12.1 Å². The molecule has 7 nitrogen and oxygen atoms in total. The Morgan fingerprint density at radius 1 is 0.829 bits per heavy atom. The van der Waals surface area contributed by atoms with E-state index in [2.05, 4.69) is 4.90 Å². The van der Waals surface area contributed by atoms with Gasteiger partial charge in [-0.3, -0.25) is 4.79 Å². The first-order chi connectivity index (χ1) is 19.3. The van der Waals surface area contributed by atoms with Crippen LogP contribution in [-0.2, 0) is 21.3 Å². The summed E-state index contributed by atoms with van der Waals surface area (Å²) in [6.45, 7) is 9.28. The molecule has 0 N–H and O–H groups in total. The molecule has 3 aliphatic heterocycles. The highest BCUT2D eigenvalue weighted by molar-refractivity contribution is 5.94. The van der Waals surface area contributed by atoms with E-state index in [-0.39, 0.29) is 23.8 Å². The molecule has 0 aliphatic carbocycles. The lowest BCUT2D eigenvalue weighted by Gasteiger charge is -2.41. The number of halogens is 3. The van der Waals surface area contributed by atoms with Crippen molar-refractivity contribution < 1.29 is 32.2 Å². The highest BCUT2D eigenvalue weighted by Crippen LogP contribution is 2.38. The smallest absolute Gasteiger partial charge is 0.416 e. The summed E-state index contributed by atoms with van der Waals surface area (Å²) in [4.78, 5) is 31.5. The van der Waals surface area contributed by atoms with Gasteiger partial charge in [-0.1, -0.05) is 12.1 Å². The zero-order valence-corrected chi connectivity index (χ0v) is 24.0. The minimum Gasteiger partial charge on any atom is -0.444 e. The van der Waals surface area contributed by atoms with Crippen LogP contribution >= 0.6 is 0 Å². The number of nitrogens with zero attached hydrogens (tertiary/aromatic N) is 3. The van der Waals surface area contributed by atoms with Crippen molar-refractivity contribution in [3.63, 3.8) is 0 Å². The fourth-order valence-electron chi connectivity index (χ4n) is 6.32. The molecule has 10 heteroatoms. The van der Waals surface area contributed by atoms with E-state index in [0.717, 1.165) is 36.5 Å². The van der Waals surface area contributed by atoms with Crippen molar-refractivity contribution in [3.8, 4) is 0 Å². The molecular formula is C31H38F3N3O4. The number of hydrogen-bond donors (Lipinski definition) is 0. The molecule has 2 aromatic rings. The molecule has 41 heavy (non-hydrogen) atoms. The number of rotatable bonds is 4. The van der Waals surface area contributed by atoms with Gasteiger partial charge in [-0.05, 0) is 75.6 Å². The molecule has 3 aliphatic rings. The van der Waals surface area contributed by atoms with Crippen LogP contribution in [0.15, 0.2) is 48.5 Å². The van der Waals surface area contributed by atoms with Gasteiger partial charge in [0.2, 0.25) is 0 Å². The molecule has 2 aromatic carbocycles. The van der Waals surface area contributed by atoms with Gasteiger partial charge in [-0.25, -0.2) is 4.79 Å². The minimum absolute atomic E-state index is 0.0155. The van der Waals surface area contributed by atoms with Gasteiger partial charge in [-0.2, -0.15) is 13.2 Å². The van der Waals surface area contributed by atoms with E-state index in [0.29, 0.717) is 44.6 Å². The van der Waals surface area contributed by atoms with Gasteiger partial charge in [0, 0.05) is 69.5 Å². The Morgan fingerprint density at radius 2 is 1.39 bits per heavy atom. The molecule has 3 fully saturated rings. The van der Waals surface area contributed by atoms with Crippen molar-refractivity contribution in [1.82, 2.24) is 9.80 Å². The first-order valence-electron chi connectivity index (χ1n) is 14.1. The molecular weight excluding hydrogens is 535 g/mol. The summed E-state index contributed by atoms with van der Waals surface area (Å²) in [7, 11) is 1.68. The number of alkyl halides is 3. The van der Waals surface area contributed by atoms with Crippen LogP contribution in [0, 0.1) is 11.8 Å². The number of methoxy groups -OCH3 is 1. The number of anilines is 1. The SMILES string of the molecule is COC1(c2ccc(C(=O)N3CC4CN(c5ccc(C(F)(F)F)cc5)CC4C3)cc2)CCN(C(=O)OC(C)(C)C)CC1. The molecule has 3 saturated heterocycles. The zero-order chi connectivity index (χ0) is 29.6. The molecule has 0 radical (unpaired) electrons. The number of piperidine rings is 1. The van der Waals surface area contributed by atoms with E-state index < -0.39 is 22.9 Å². The largest absolute Gasteiger partial charge is 0.444 e. The molecule has 0 saturated carbocycles. The quantitative estimate of drug-likeness (QED) is 0.464. The maximum Gasteiger partial charge on any atom is 0.416 e. The fraction of sp³-hybridized carbons (Fsp3) is 0.548. The second-order valence-corrected chi connectivity index (χ2v) is 12.4. The Hall–Kier alpha value is -3.27. The van der Waals surface area contributed by atoms with Gasteiger partial charge in [0.1, 0.15) is 5.60 Å². The Labute approximate surface area is 239 Å². The van der Waals surface area contributed by atoms with Gasteiger partial charge < -0.3 is 24.2 Å². The molecule has 222 valence electrons. The predicted octanol–water partition coefficient (Wildman–Crippen LogP) is 5.79. The lowest BCUT2D eigenvalue weighted by Crippen LogP contribution is -2.47. The van der Waals surface area contributed by atoms with E-state index in [1.54, 1.807) is 12.0 Å². The number of carbonyl (C=O) groups excluding carboxylic acids is 2. The Morgan fingerprint density at radius 3 is 1.88 bits per heavy atom. The monoisotopic (exact) mass is 573 g/mol. The Balaban J connectivity index is 1.17. The molecule has 5 rings (SSSR count). The first-order valence-corrected chi connectivity index (χ1v) is 14.1. The van der Waals surface area contributed by atoms with Gasteiger partial charge in [0.25, 0.3) is 5.91 Å². The number of likely N-dealkylation sites (tertiary alicyclic amines) is 2. The molecule has 0 aromatic heterocycles. The number of ether oxygens (including phenoxy) is 2. The van der Waals surface area contributed by atoms with Crippen LogP contribution in [0.5, 0.6) is 0 Å². The number of benzene rings is 2. The maximum atomic E-state index is 13.3. The molecule has 2 amide bonds. The van der Waals surface area contributed by atoms with Gasteiger partial charge >= 0.3 is 12.3 Å². The van der Waals surface area contributed by atoms with Crippen LogP contribution in [0.2, 0.25) is 0 Å². The standard InChI is InChI=1S/C31H38F3N3O4/c1-29(2,3)41-28(39)35-15-13-30(40-4,14-16-35)24-7-5-21(6-8-24)27(38)37-19-22-17-36(18-23(22)20-37)26-11-9-25(10-12-26)31(32,33)34/h5-12,22-23H,13-20H2,1-4H3. The van der Waals surface area contributed by atoms with Crippen molar-refractivity contribution in [1.29, 1.82) is 0 Å². The number of fused-ring (bicyclic) bond motifs is 1. The molecule has 3 heterocycles. The van der Waals surface area contributed by atoms with Crippen molar-refractivity contribution in [3.05, 3.63) is 65.2 Å². The third kappa shape index (κ3) is 6.17. The molecule has 2 atom stereocenters. The summed E-state index contributed by atoms with van der Waals surface area (Å²) in [6, 6.07) is 12.9. The Kier molecular flexibility index (Phi) is 7.74. The number of amides is 2. The average molecular weight is 574 g/mol. The van der Waals surface area contributed by atoms with Crippen LogP contribution < -0.4 is 4.90 Å². The highest BCUT2D eigenvalue weighted by Gasteiger charge is 2.43. The van der Waals surface area contributed by atoms with Crippen molar-refractivity contribution >= 4 is 17.7 Å². The summed E-state index contributed by atoms with van der Waals surface area (Å²) in [5.41, 5.74) is 0.647. The third-order valence-electron chi connectivity index (χ3n) is 8.60. The van der Waals surface area contributed by atoms with Crippen molar-refractivity contribution in [2.24, 2.45) is 11.8 Å². The van der Waals surface area contributed by atoms with E-state index >= 15 is 0 Å². The van der Waals surface area contributed by atoms with Crippen LogP contribution in [0.4, 0.5) is 23.7 Å². The second-order valence-electron chi connectivity index (χ2n) is 12.4. The predicted molar refractivity (Wildman–Crippen MR) is 149 cm³/mol. The Bertz CT molecular complexity index is 1240. The summed E-state index contributed by atoms with van der Waals surface area (Å²) >= 11 is 0. The maximum absolute atomic E-state index is 13.3. The van der Waals surface area contributed by atoms with Crippen molar-refractivity contribution in [2.45, 2.75) is 51.0 Å². The molecule has 2 unspecified atom stereocenters. The molecule has 0 spiro atoms. The van der Waals surface area contributed by atoms with Crippen LogP contribution in [0.25, 0.3) is 0 Å². The normalized spacial score (nSPS) is 22.6. The topological polar surface area (TPSA) is 62.3 Å². The van der Waals surface area contributed by atoms with E-state index in [9.17, 15) is 22.8 Å². The van der Waals surface area contributed by atoms with E-state index in [4.69, 9.17) is 9.47 Å². The minimum atomic E-state index is -4.34. The summed E-state index contributed by atoms with van der Waals surface area (Å²) in [6.07, 6.45) is -3.41. The zero-order valence-electron chi connectivity index (χ0n) is 24.0. The molecule has 0 bridgehead atoms. The van der Waals surface area contributed by atoms with Crippen molar-refractivity contribution in [2.75, 3.05) is 51.3 Å². The third-order valence-corrected chi connectivity index (χ3v) is 8.60. The lowest BCUT2D eigenvalue weighted by molar-refractivity contribution is -0.137. The van der Waals surface area contributed by atoms with Gasteiger partial charge in [-0.15, -0.1) is 0 Å². The van der Waals surface area contributed by atoms with Gasteiger partial charge in [0.15, 0.2) is 0 Å².